The van der Waals surface area contributed by atoms with Crippen molar-refractivity contribution in [3.63, 3.8) is 0 Å². The van der Waals surface area contributed by atoms with E-state index in [1.807, 2.05) is 60.7 Å². The number of hydrogen-bond donors (Lipinski definition) is 2. The Morgan fingerprint density at radius 3 is 1.80 bits per heavy atom. The predicted molar refractivity (Wildman–Crippen MR) is 92.6 cm³/mol. The lowest BCUT2D eigenvalue weighted by molar-refractivity contribution is -0.300. The van der Waals surface area contributed by atoms with E-state index in [-0.39, 0.29) is 0 Å². The molecule has 25 heavy (non-hydrogen) atoms. The van der Waals surface area contributed by atoms with E-state index in [0.717, 1.165) is 11.1 Å². The second kappa shape index (κ2) is 8.56. The van der Waals surface area contributed by atoms with E-state index in [2.05, 4.69) is 0 Å². The van der Waals surface area contributed by atoms with Crippen molar-refractivity contribution in [1.29, 1.82) is 0 Å². The van der Waals surface area contributed by atoms with Gasteiger partial charge in [-0.25, -0.2) is 0 Å². The van der Waals surface area contributed by atoms with Crippen molar-refractivity contribution in [3.05, 3.63) is 71.8 Å². The summed E-state index contributed by atoms with van der Waals surface area (Å²) in [4.78, 5) is 0. The largest absolute Gasteiger partial charge is 0.388 e. The maximum absolute atomic E-state index is 10.5. The fourth-order valence-electron chi connectivity index (χ4n) is 2.91. The molecule has 1 fully saturated rings. The van der Waals surface area contributed by atoms with Crippen LogP contribution in [0.1, 0.15) is 18.1 Å². The molecule has 5 nitrogen and oxygen atoms in total. The van der Waals surface area contributed by atoms with E-state index in [1.165, 1.54) is 0 Å². The summed E-state index contributed by atoms with van der Waals surface area (Å²) >= 11 is 0. The minimum absolute atomic E-state index is 0.304. The molecule has 2 N–H and O–H groups in total. The van der Waals surface area contributed by atoms with Crippen molar-refractivity contribution in [2.75, 3.05) is 0 Å². The number of aliphatic hydroxyl groups excluding tert-OH is 2. The molecular formula is C20H24O5. The maximum Gasteiger partial charge on any atom is 0.184 e. The first kappa shape index (κ1) is 18.0. The normalized spacial score (nSPS) is 29.5. The van der Waals surface area contributed by atoms with Crippen LogP contribution in [-0.2, 0) is 27.4 Å². The number of benzene rings is 2. The van der Waals surface area contributed by atoms with Crippen molar-refractivity contribution in [1.82, 2.24) is 0 Å². The van der Waals surface area contributed by atoms with E-state index in [9.17, 15) is 10.2 Å². The monoisotopic (exact) mass is 344 g/mol. The Balaban J connectivity index is 1.67. The Kier molecular flexibility index (Phi) is 6.18. The van der Waals surface area contributed by atoms with E-state index in [4.69, 9.17) is 14.2 Å². The summed E-state index contributed by atoms with van der Waals surface area (Å²) in [5, 5.41) is 20.7. The molecule has 2 aromatic rings. The van der Waals surface area contributed by atoms with Gasteiger partial charge >= 0.3 is 0 Å². The molecule has 3 rings (SSSR count). The number of ether oxygens (including phenoxy) is 3. The molecule has 5 atom stereocenters. The van der Waals surface area contributed by atoms with Crippen LogP contribution in [0.4, 0.5) is 0 Å². The fraction of sp³-hybridized carbons (Fsp3) is 0.400. The first-order chi connectivity index (χ1) is 12.1. The molecule has 0 unspecified atom stereocenters. The van der Waals surface area contributed by atoms with Crippen LogP contribution in [0.2, 0.25) is 0 Å². The number of rotatable bonds is 6. The van der Waals surface area contributed by atoms with E-state index < -0.39 is 30.7 Å². The van der Waals surface area contributed by atoms with Crippen LogP contribution in [0.3, 0.4) is 0 Å². The summed E-state index contributed by atoms with van der Waals surface area (Å²) in [6.07, 6.45) is -4.01. The van der Waals surface area contributed by atoms with Gasteiger partial charge in [-0.2, -0.15) is 0 Å². The van der Waals surface area contributed by atoms with Gasteiger partial charge in [0.2, 0.25) is 0 Å². The summed E-state index contributed by atoms with van der Waals surface area (Å²) in [6.45, 7) is 2.34. The Bertz CT molecular complexity index is 633. The highest BCUT2D eigenvalue weighted by molar-refractivity contribution is 5.14. The molecule has 0 bridgehead atoms. The van der Waals surface area contributed by atoms with Gasteiger partial charge in [-0.3, -0.25) is 0 Å². The molecule has 0 radical (unpaired) electrons. The molecule has 1 aliphatic heterocycles. The summed E-state index contributed by atoms with van der Waals surface area (Å²) in [5.41, 5.74) is 1.97. The van der Waals surface area contributed by atoms with Crippen molar-refractivity contribution in [2.24, 2.45) is 0 Å². The molecule has 1 saturated heterocycles. The van der Waals surface area contributed by atoms with Crippen LogP contribution in [0.25, 0.3) is 0 Å². The highest BCUT2D eigenvalue weighted by Crippen LogP contribution is 2.26. The third-order valence-electron chi connectivity index (χ3n) is 4.35. The van der Waals surface area contributed by atoms with Crippen molar-refractivity contribution in [3.8, 4) is 0 Å². The SMILES string of the molecule is C[C@H]1O[C@@H](O)[C@H](OCc2ccccc2)[C@@H](OCc2ccccc2)[C@@H]1O. The van der Waals surface area contributed by atoms with Crippen LogP contribution >= 0.6 is 0 Å². The molecule has 2 aromatic carbocycles. The van der Waals surface area contributed by atoms with Gasteiger partial charge in [0, 0.05) is 0 Å². The summed E-state index contributed by atoms with van der Waals surface area (Å²) < 4.78 is 17.1. The van der Waals surface area contributed by atoms with Crippen LogP contribution in [0, 0.1) is 0 Å². The molecule has 0 amide bonds. The number of aliphatic hydroxyl groups is 2. The van der Waals surface area contributed by atoms with Gasteiger partial charge in [0.15, 0.2) is 6.29 Å². The van der Waals surface area contributed by atoms with Crippen LogP contribution in [0.15, 0.2) is 60.7 Å². The molecular weight excluding hydrogens is 320 g/mol. The summed E-state index contributed by atoms with van der Waals surface area (Å²) in [5.74, 6) is 0. The highest BCUT2D eigenvalue weighted by Gasteiger charge is 2.44. The Labute approximate surface area is 147 Å². The van der Waals surface area contributed by atoms with Crippen molar-refractivity contribution >= 4 is 0 Å². The van der Waals surface area contributed by atoms with Crippen LogP contribution in [-0.4, -0.2) is 40.9 Å². The van der Waals surface area contributed by atoms with E-state index in [0.29, 0.717) is 13.2 Å². The lowest BCUT2D eigenvalue weighted by Gasteiger charge is -2.41. The smallest absolute Gasteiger partial charge is 0.184 e. The fourth-order valence-corrected chi connectivity index (χ4v) is 2.91. The van der Waals surface area contributed by atoms with Gasteiger partial charge in [0.05, 0.1) is 19.3 Å². The standard InChI is InChI=1S/C20H24O5/c1-14-17(21)18(23-12-15-8-4-2-5-9-15)19(20(22)25-14)24-13-16-10-6-3-7-11-16/h2-11,14,17-22H,12-13H2,1H3/t14-,17-,18+,19-,20-/m1/s1. The van der Waals surface area contributed by atoms with Gasteiger partial charge < -0.3 is 24.4 Å². The lowest BCUT2D eigenvalue weighted by Crippen LogP contribution is -2.58. The first-order valence-electron chi connectivity index (χ1n) is 8.48. The average Bonchev–Trinajstić information content (AvgIpc) is 2.64. The lowest BCUT2D eigenvalue weighted by atomic mass is 9.99. The summed E-state index contributed by atoms with van der Waals surface area (Å²) in [7, 11) is 0. The second-order valence-corrected chi connectivity index (χ2v) is 6.24. The highest BCUT2D eigenvalue weighted by atomic mass is 16.7. The molecule has 1 aliphatic rings. The number of hydrogen-bond acceptors (Lipinski definition) is 5. The average molecular weight is 344 g/mol. The van der Waals surface area contributed by atoms with E-state index >= 15 is 0 Å². The molecule has 0 aliphatic carbocycles. The Hall–Kier alpha value is -1.76. The maximum atomic E-state index is 10.5. The second-order valence-electron chi connectivity index (χ2n) is 6.24. The van der Waals surface area contributed by atoms with Gasteiger partial charge in [-0.1, -0.05) is 60.7 Å². The van der Waals surface area contributed by atoms with Gasteiger partial charge in [-0.15, -0.1) is 0 Å². The third kappa shape index (κ3) is 4.66. The molecule has 134 valence electrons. The van der Waals surface area contributed by atoms with Crippen LogP contribution in [0.5, 0.6) is 0 Å². The molecule has 1 heterocycles. The molecule has 0 spiro atoms. The topological polar surface area (TPSA) is 68.2 Å². The van der Waals surface area contributed by atoms with Gasteiger partial charge in [0.25, 0.3) is 0 Å². The van der Waals surface area contributed by atoms with Crippen molar-refractivity contribution in [2.45, 2.75) is 50.8 Å². The Morgan fingerprint density at radius 1 is 0.800 bits per heavy atom. The zero-order valence-electron chi connectivity index (χ0n) is 14.2. The van der Waals surface area contributed by atoms with E-state index in [1.54, 1.807) is 6.92 Å². The van der Waals surface area contributed by atoms with Crippen molar-refractivity contribution < 1.29 is 24.4 Å². The van der Waals surface area contributed by atoms with Crippen LogP contribution < -0.4 is 0 Å². The Morgan fingerprint density at radius 2 is 1.28 bits per heavy atom. The quantitative estimate of drug-likeness (QED) is 0.841. The minimum atomic E-state index is -1.15. The predicted octanol–water partition coefficient (Wildman–Crippen LogP) is 2.26. The van der Waals surface area contributed by atoms with Gasteiger partial charge in [0.1, 0.15) is 18.3 Å². The zero-order valence-corrected chi connectivity index (χ0v) is 14.2. The summed E-state index contributed by atoms with van der Waals surface area (Å²) in [6, 6.07) is 19.4. The molecule has 5 heteroatoms. The molecule has 0 saturated carbocycles. The minimum Gasteiger partial charge on any atom is -0.388 e. The molecule has 0 aromatic heterocycles. The first-order valence-corrected chi connectivity index (χ1v) is 8.48. The third-order valence-corrected chi connectivity index (χ3v) is 4.35. The zero-order chi connectivity index (χ0) is 17.6. The van der Waals surface area contributed by atoms with Gasteiger partial charge in [-0.05, 0) is 18.1 Å².